The molecule has 1 aromatic rings. The van der Waals surface area contributed by atoms with Gasteiger partial charge in [-0.2, -0.15) is 18.4 Å². The van der Waals surface area contributed by atoms with Gasteiger partial charge in [0, 0.05) is 6.20 Å². The van der Waals surface area contributed by atoms with Crippen molar-refractivity contribution in [3.63, 3.8) is 0 Å². The van der Waals surface area contributed by atoms with Gasteiger partial charge >= 0.3 is 6.18 Å². The van der Waals surface area contributed by atoms with E-state index in [1.165, 1.54) is 6.07 Å². The molecule has 0 aromatic carbocycles. The quantitative estimate of drug-likeness (QED) is 0.685. The van der Waals surface area contributed by atoms with Gasteiger partial charge in [-0.1, -0.05) is 0 Å². The summed E-state index contributed by atoms with van der Waals surface area (Å²) >= 11 is 0. The zero-order valence-corrected chi connectivity index (χ0v) is 7.02. The predicted molar refractivity (Wildman–Crippen MR) is 38.9 cm³/mol. The highest BCUT2D eigenvalue weighted by atomic mass is 19.4. The fourth-order valence-electron chi connectivity index (χ4n) is 1.03. The Morgan fingerprint density at radius 1 is 1.33 bits per heavy atom. The molecule has 0 unspecified atom stereocenters. The topological polar surface area (TPSA) is 36.7 Å². The molecule has 1 aromatic heterocycles. The molecule has 0 spiro atoms. The third-order valence-corrected chi connectivity index (χ3v) is 1.59. The maximum Gasteiger partial charge on any atom is 0.419 e. The van der Waals surface area contributed by atoms with E-state index in [1.54, 1.807) is 0 Å². The third-order valence-electron chi connectivity index (χ3n) is 1.59. The molecule has 2 nitrogen and oxygen atoms in total. The molecular formula is C8H3F5N2. The van der Waals surface area contributed by atoms with Crippen LogP contribution in [0.5, 0.6) is 0 Å². The summed E-state index contributed by atoms with van der Waals surface area (Å²) < 4.78 is 61.4. The number of hydrogen-bond acceptors (Lipinski definition) is 2. The summed E-state index contributed by atoms with van der Waals surface area (Å²) in [6, 6.07) is 1.95. The molecule has 0 aliphatic heterocycles. The van der Waals surface area contributed by atoms with Crippen LogP contribution in [0.15, 0.2) is 12.3 Å². The van der Waals surface area contributed by atoms with E-state index < -0.39 is 29.4 Å². The van der Waals surface area contributed by atoms with Crippen LogP contribution in [0.4, 0.5) is 22.0 Å². The van der Waals surface area contributed by atoms with Crippen LogP contribution in [0, 0.1) is 11.3 Å². The Balaban J connectivity index is 3.50. The summed E-state index contributed by atoms with van der Waals surface area (Å²) in [7, 11) is 0. The van der Waals surface area contributed by atoms with E-state index in [0.717, 1.165) is 12.3 Å². The van der Waals surface area contributed by atoms with Crippen molar-refractivity contribution in [1.82, 2.24) is 4.98 Å². The Morgan fingerprint density at radius 2 is 1.93 bits per heavy atom. The van der Waals surface area contributed by atoms with Crippen molar-refractivity contribution in [3.8, 4) is 6.07 Å². The van der Waals surface area contributed by atoms with Crippen LogP contribution in [0.25, 0.3) is 0 Å². The van der Waals surface area contributed by atoms with E-state index in [2.05, 4.69) is 4.98 Å². The molecule has 1 heterocycles. The Kier molecular flexibility index (Phi) is 2.88. The second-order valence-corrected chi connectivity index (χ2v) is 2.53. The van der Waals surface area contributed by atoms with Crippen LogP contribution in [0.2, 0.25) is 0 Å². The average molecular weight is 222 g/mol. The van der Waals surface area contributed by atoms with Crippen molar-refractivity contribution in [3.05, 3.63) is 29.1 Å². The molecule has 0 N–H and O–H groups in total. The van der Waals surface area contributed by atoms with Crippen molar-refractivity contribution in [2.45, 2.75) is 12.6 Å². The van der Waals surface area contributed by atoms with Crippen molar-refractivity contribution in [1.29, 1.82) is 5.26 Å². The molecule has 0 fully saturated rings. The largest absolute Gasteiger partial charge is 0.419 e. The van der Waals surface area contributed by atoms with Crippen LogP contribution in [-0.2, 0) is 6.18 Å². The number of hydrogen-bond donors (Lipinski definition) is 0. The average Bonchev–Trinajstić information content (AvgIpc) is 2.15. The third kappa shape index (κ3) is 2.21. The maximum atomic E-state index is 12.3. The molecular weight excluding hydrogens is 219 g/mol. The maximum absolute atomic E-state index is 12.3. The molecule has 0 saturated carbocycles. The second kappa shape index (κ2) is 3.81. The summed E-state index contributed by atoms with van der Waals surface area (Å²) in [5.74, 6) is 0. The van der Waals surface area contributed by atoms with E-state index in [1.807, 2.05) is 0 Å². The van der Waals surface area contributed by atoms with E-state index in [0.29, 0.717) is 0 Å². The van der Waals surface area contributed by atoms with Crippen LogP contribution in [-0.4, -0.2) is 4.98 Å². The van der Waals surface area contributed by atoms with Gasteiger partial charge in [0.1, 0.15) is 11.3 Å². The first-order valence-corrected chi connectivity index (χ1v) is 3.62. The van der Waals surface area contributed by atoms with Gasteiger partial charge in [-0.3, -0.25) is 4.98 Å². The highest BCUT2D eigenvalue weighted by Gasteiger charge is 2.39. The highest BCUT2D eigenvalue weighted by molar-refractivity contribution is 5.41. The number of halogens is 5. The molecule has 0 aliphatic carbocycles. The van der Waals surface area contributed by atoms with Crippen LogP contribution >= 0.6 is 0 Å². The Morgan fingerprint density at radius 3 is 2.33 bits per heavy atom. The van der Waals surface area contributed by atoms with Gasteiger partial charge in [-0.15, -0.1) is 0 Å². The standard InChI is InChI=1S/C8H3F5N2/c9-7(10)6-5(8(11,12)13)4(3-14)1-2-15-6/h1-2,7H. The van der Waals surface area contributed by atoms with Gasteiger partial charge in [-0.05, 0) is 6.07 Å². The SMILES string of the molecule is N#Cc1ccnc(C(F)F)c1C(F)(F)F. The minimum atomic E-state index is -5.01. The van der Waals surface area contributed by atoms with Gasteiger partial charge in [0.15, 0.2) is 0 Å². The number of nitriles is 1. The molecule has 0 saturated heterocycles. The summed E-state index contributed by atoms with van der Waals surface area (Å²) in [6.45, 7) is 0. The van der Waals surface area contributed by atoms with E-state index in [4.69, 9.17) is 5.26 Å². The normalized spacial score (nSPS) is 11.5. The first-order valence-electron chi connectivity index (χ1n) is 3.62. The van der Waals surface area contributed by atoms with Crippen molar-refractivity contribution < 1.29 is 22.0 Å². The lowest BCUT2D eigenvalue weighted by molar-refractivity contribution is -0.140. The fourth-order valence-corrected chi connectivity index (χ4v) is 1.03. The molecule has 0 amide bonds. The molecule has 0 radical (unpaired) electrons. The molecule has 1 rings (SSSR count). The summed E-state index contributed by atoms with van der Waals surface area (Å²) in [5.41, 5.74) is -3.93. The molecule has 80 valence electrons. The summed E-state index contributed by atoms with van der Waals surface area (Å²) in [6.07, 6.45) is -7.63. The van der Waals surface area contributed by atoms with Crippen LogP contribution in [0.3, 0.4) is 0 Å². The zero-order chi connectivity index (χ0) is 11.6. The van der Waals surface area contributed by atoms with Crippen LogP contribution < -0.4 is 0 Å². The van der Waals surface area contributed by atoms with E-state index in [-0.39, 0.29) is 0 Å². The van der Waals surface area contributed by atoms with Crippen molar-refractivity contribution >= 4 is 0 Å². The van der Waals surface area contributed by atoms with E-state index in [9.17, 15) is 22.0 Å². The monoisotopic (exact) mass is 222 g/mol. The number of aromatic nitrogens is 1. The lowest BCUT2D eigenvalue weighted by Gasteiger charge is -2.12. The molecule has 0 atom stereocenters. The number of rotatable bonds is 1. The minimum absolute atomic E-state index is 0.745. The lowest BCUT2D eigenvalue weighted by atomic mass is 10.1. The van der Waals surface area contributed by atoms with Gasteiger partial charge in [0.25, 0.3) is 6.43 Å². The highest BCUT2D eigenvalue weighted by Crippen LogP contribution is 2.37. The van der Waals surface area contributed by atoms with Crippen LogP contribution in [0.1, 0.15) is 23.2 Å². The number of alkyl halides is 5. The molecule has 15 heavy (non-hydrogen) atoms. The summed E-state index contributed by atoms with van der Waals surface area (Å²) in [4.78, 5) is 2.93. The van der Waals surface area contributed by atoms with E-state index >= 15 is 0 Å². The lowest BCUT2D eigenvalue weighted by Crippen LogP contribution is -2.13. The minimum Gasteiger partial charge on any atom is -0.255 e. The smallest absolute Gasteiger partial charge is 0.255 e. The van der Waals surface area contributed by atoms with Crippen molar-refractivity contribution in [2.24, 2.45) is 0 Å². The van der Waals surface area contributed by atoms with Crippen molar-refractivity contribution in [2.75, 3.05) is 0 Å². The molecule has 7 heteroatoms. The first kappa shape index (κ1) is 11.4. The summed E-state index contributed by atoms with van der Waals surface area (Å²) in [5, 5.41) is 8.37. The Labute approximate surface area is 81.0 Å². The number of nitrogens with zero attached hydrogens (tertiary/aromatic N) is 2. The second-order valence-electron chi connectivity index (χ2n) is 2.53. The zero-order valence-electron chi connectivity index (χ0n) is 7.02. The van der Waals surface area contributed by atoms with Gasteiger partial charge in [0.2, 0.25) is 0 Å². The molecule has 0 aliphatic rings. The van der Waals surface area contributed by atoms with Gasteiger partial charge in [-0.25, -0.2) is 8.78 Å². The predicted octanol–water partition coefficient (Wildman–Crippen LogP) is 2.91. The fraction of sp³-hybridized carbons (Fsp3) is 0.250. The first-order chi connectivity index (χ1) is 6.88. The van der Waals surface area contributed by atoms with Gasteiger partial charge in [0.05, 0.1) is 11.6 Å². The van der Waals surface area contributed by atoms with Gasteiger partial charge < -0.3 is 0 Å². The Bertz CT molecular complexity index is 404. The molecule has 0 bridgehead atoms. The number of pyridine rings is 1. The Hall–Kier alpha value is -1.71.